The third-order valence-electron chi connectivity index (χ3n) is 5.14. The van der Waals surface area contributed by atoms with E-state index in [4.69, 9.17) is 10.1 Å². The fraction of sp³-hybridized carbons (Fsp3) is 0.476. The van der Waals surface area contributed by atoms with E-state index in [-0.39, 0.29) is 11.3 Å². The summed E-state index contributed by atoms with van der Waals surface area (Å²) in [6, 6.07) is 10.00. The number of carbonyl (C=O) groups is 1. The van der Waals surface area contributed by atoms with E-state index in [1.165, 1.54) is 0 Å². The van der Waals surface area contributed by atoms with Crippen LogP contribution in [0.15, 0.2) is 36.5 Å². The van der Waals surface area contributed by atoms with Crippen LogP contribution in [0.4, 0.5) is 5.13 Å². The standard InChI is InChI=1S/C21H28N6OS/c1-21(2,3)17-14-27-19(23-17)29-20(24-27)26-11-9-25(10-12-26)15-18(28)22-13-16-7-5-4-6-8-16/h4-8,14H,9-13,15H2,1-3H3,(H,22,28). The molecule has 2 aromatic heterocycles. The molecule has 0 aliphatic carbocycles. The largest absolute Gasteiger partial charge is 0.351 e. The number of nitrogens with zero attached hydrogens (tertiary/aromatic N) is 5. The van der Waals surface area contributed by atoms with Gasteiger partial charge in [-0.05, 0) is 5.56 Å². The van der Waals surface area contributed by atoms with Crippen LogP contribution < -0.4 is 10.2 Å². The van der Waals surface area contributed by atoms with Crippen LogP contribution in [0.25, 0.3) is 4.96 Å². The lowest BCUT2D eigenvalue weighted by Crippen LogP contribution is -2.49. The first-order chi connectivity index (χ1) is 13.9. The number of rotatable bonds is 5. The zero-order valence-electron chi connectivity index (χ0n) is 17.3. The van der Waals surface area contributed by atoms with E-state index in [0.717, 1.165) is 47.5 Å². The minimum atomic E-state index is 0.0281. The third kappa shape index (κ3) is 4.76. The first-order valence-electron chi connectivity index (χ1n) is 10.0. The van der Waals surface area contributed by atoms with Crippen LogP contribution in [0, 0.1) is 0 Å². The number of anilines is 1. The summed E-state index contributed by atoms with van der Waals surface area (Å²) >= 11 is 1.63. The molecule has 1 aliphatic heterocycles. The number of imidazole rings is 1. The van der Waals surface area contributed by atoms with E-state index in [9.17, 15) is 4.79 Å². The number of nitrogens with one attached hydrogen (secondary N) is 1. The lowest BCUT2D eigenvalue weighted by Gasteiger charge is -2.33. The first kappa shape index (κ1) is 19.8. The van der Waals surface area contributed by atoms with Gasteiger partial charge in [-0.25, -0.2) is 9.50 Å². The molecule has 0 unspecified atom stereocenters. The van der Waals surface area contributed by atoms with Gasteiger partial charge in [0, 0.05) is 38.1 Å². The second kappa shape index (κ2) is 8.12. The molecular formula is C21H28N6OS. The monoisotopic (exact) mass is 412 g/mol. The molecule has 1 amide bonds. The van der Waals surface area contributed by atoms with E-state index in [1.807, 2.05) is 41.0 Å². The number of piperazine rings is 1. The van der Waals surface area contributed by atoms with Gasteiger partial charge in [0.1, 0.15) is 0 Å². The minimum Gasteiger partial charge on any atom is -0.351 e. The van der Waals surface area contributed by atoms with E-state index < -0.39 is 0 Å². The van der Waals surface area contributed by atoms with Crippen molar-refractivity contribution < 1.29 is 4.79 Å². The van der Waals surface area contributed by atoms with Crippen LogP contribution in [-0.2, 0) is 16.8 Å². The molecule has 29 heavy (non-hydrogen) atoms. The van der Waals surface area contributed by atoms with E-state index in [1.54, 1.807) is 11.3 Å². The van der Waals surface area contributed by atoms with Crippen molar-refractivity contribution in [1.82, 2.24) is 24.8 Å². The zero-order chi connectivity index (χ0) is 20.4. The highest BCUT2D eigenvalue weighted by Crippen LogP contribution is 2.28. The molecule has 0 spiro atoms. The smallest absolute Gasteiger partial charge is 0.234 e. The molecule has 8 heteroatoms. The lowest BCUT2D eigenvalue weighted by atomic mass is 9.93. The summed E-state index contributed by atoms with van der Waals surface area (Å²) in [5.74, 6) is 0.0738. The fourth-order valence-electron chi connectivity index (χ4n) is 3.33. The predicted octanol–water partition coefficient (Wildman–Crippen LogP) is 2.53. The topological polar surface area (TPSA) is 65.8 Å². The van der Waals surface area contributed by atoms with Crippen molar-refractivity contribution >= 4 is 27.3 Å². The minimum absolute atomic E-state index is 0.0281. The number of hydrogen-bond donors (Lipinski definition) is 1. The van der Waals surface area contributed by atoms with Gasteiger partial charge in [0.25, 0.3) is 0 Å². The van der Waals surface area contributed by atoms with Gasteiger partial charge in [-0.1, -0.05) is 62.4 Å². The molecule has 1 saturated heterocycles. The van der Waals surface area contributed by atoms with Gasteiger partial charge in [0.05, 0.1) is 18.4 Å². The number of hydrogen-bond acceptors (Lipinski definition) is 6. The van der Waals surface area contributed by atoms with Gasteiger partial charge in [0.2, 0.25) is 16.0 Å². The van der Waals surface area contributed by atoms with Crippen LogP contribution in [-0.4, -0.2) is 58.1 Å². The molecule has 154 valence electrons. The second-order valence-corrected chi connectivity index (χ2v) is 9.45. The molecular weight excluding hydrogens is 384 g/mol. The fourth-order valence-corrected chi connectivity index (χ4v) is 4.27. The molecule has 0 radical (unpaired) electrons. The number of amides is 1. The van der Waals surface area contributed by atoms with E-state index in [0.29, 0.717) is 13.1 Å². The summed E-state index contributed by atoms with van der Waals surface area (Å²) in [6.07, 6.45) is 2.03. The summed E-state index contributed by atoms with van der Waals surface area (Å²) in [5, 5.41) is 8.73. The molecule has 3 heterocycles. The normalized spacial score (nSPS) is 15.8. The molecule has 0 atom stereocenters. The van der Waals surface area contributed by atoms with Crippen molar-refractivity contribution in [3.63, 3.8) is 0 Å². The quantitative estimate of drug-likeness (QED) is 0.698. The van der Waals surface area contributed by atoms with Crippen LogP contribution >= 0.6 is 11.3 Å². The highest BCUT2D eigenvalue weighted by molar-refractivity contribution is 7.20. The summed E-state index contributed by atoms with van der Waals surface area (Å²) in [6.45, 7) is 11.0. The van der Waals surface area contributed by atoms with Crippen LogP contribution in [0.1, 0.15) is 32.0 Å². The average Bonchev–Trinajstić information content (AvgIpc) is 3.27. The molecule has 0 saturated carbocycles. The molecule has 0 bridgehead atoms. The van der Waals surface area contributed by atoms with Gasteiger partial charge < -0.3 is 10.2 Å². The third-order valence-corrected chi connectivity index (χ3v) is 6.13. The molecule has 1 aliphatic rings. The Kier molecular flexibility index (Phi) is 5.56. The second-order valence-electron chi connectivity index (χ2n) is 8.51. The molecule has 3 aromatic rings. The SMILES string of the molecule is CC(C)(C)c1cn2nc(N3CCN(CC(=O)NCc4ccccc4)CC3)sc2n1. The molecule has 4 rings (SSSR count). The van der Waals surface area contributed by atoms with Gasteiger partial charge in [0.15, 0.2) is 0 Å². The average molecular weight is 413 g/mol. The Bertz CT molecular complexity index is 935. The van der Waals surface area contributed by atoms with Crippen LogP contribution in [0.5, 0.6) is 0 Å². The summed E-state index contributed by atoms with van der Waals surface area (Å²) in [4.78, 5) is 22.4. The maximum absolute atomic E-state index is 12.2. The number of fused-ring (bicyclic) bond motifs is 1. The van der Waals surface area contributed by atoms with Gasteiger partial charge in [-0.2, -0.15) is 0 Å². The predicted molar refractivity (Wildman–Crippen MR) is 117 cm³/mol. The Morgan fingerprint density at radius 2 is 1.86 bits per heavy atom. The maximum atomic E-state index is 12.2. The Morgan fingerprint density at radius 3 is 2.52 bits per heavy atom. The Balaban J connectivity index is 1.27. The van der Waals surface area contributed by atoms with Gasteiger partial charge >= 0.3 is 0 Å². The zero-order valence-corrected chi connectivity index (χ0v) is 18.1. The number of aromatic nitrogens is 3. The van der Waals surface area contributed by atoms with Crippen molar-refractivity contribution in [2.45, 2.75) is 32.7 Å². The van der Waals surface area contributed by atoms with Crippen molar-refractivity contribution in [3.05, 3.63) is 47.8 Å². The first-order valence-corrected chi connectivity index (χ1v) is 10.8. The molecule has 1 fully saturated rings. The van der Waals surface area contributed by atoms with E-state index >= 15 is 0 Å². The Labute approximate surface area is 175 Å². The highest BCUT2D eigenvalue weighted by Gasteiger charge is 2.23. The van der Waals surface area contributed by atoms with E-state index in [2.05, 4.69) is 35.9 Å². The molecule has 7 nitrogen and oxygen atoms in total. The van der Waals surface area contributed by atoms with Crippen LogP contribution in [0.3, 0.4) is 0 Å². The van der Waals surface area contributed by atoms with Crippen molar-refractivity contribution in [3.8, 4) is 0 Å². The van der Waals surface area contributed by atoms with Crippen molar-refractivity contribution in [1.29, 1.82) is 0 Å². The Morgan fingerprint density at radius 1 is 1.14 bits per heavy atom. The Hall–Kier alpha value is -2.45. The summed E-state index contributed by atoms with van der Waals surface area (Å²) < 4.78 is 1.89. The maximum Gasteiger partial charge on any atom is 0.234 e. The van der Waals surface area contributed by atoms with Crippen LogP contribution in [0.2, 0.25) is 0 Å². The molecule has 1 aromatic carbocycles. The lowest BCUT2D eigenvalue weighted by molar-refractivity contribution is -0.122. The number of carbonyl (C=O) groups excluding carboxylic acids is 1. The van der Waals surface area contributed by atoms with Crippen molar-refractivity contribution in [2.24, 2.45) is 0 Å². The van der Waals surface area contributed by atoms with Gasteiger partial charge in [-0.15, -0.1) is 5.10 Å². The summed E-state index contributed by atoms with van der Waals surface area (Å²) in [7, 11) is 0. The summed E-state index contributed by atoms with van der Waals surface area (Å²) in [5.41, 5.74) is 2.21. The van der Waals surface area contributed by atoms with Crippen molar-refractivity contribution in [2.75, 3.05) is 37.6 Å². The number of benzene rings is 1. The highest BCUT2D eigenvalue weighted by atomic mass is 32.1. The van der Waals surface area contributed by atoms with Gasteiger partial charge in [-0.3, -0.25) is 9.69 Å². The molecule has 1 N–H and O–H groups in total.